The third kappa shape index (κ3) is 4.06. The van der Waals surface area contributed by atoms with Gasteiger partial charge in [0.15, 0.2) is 0 Å². The summed E-state index contributed by atoms with van der Waals surface area (Å²) in [7, 11) is 0. The lowest BCUT2D eigenvalue weighted by molar-refractivity contribution is 0.240. The summed E-state index contributed by atoms with van der Waals surface area (Å²) in [4.78, 5) is 4.61. The van der Waals surface area contributed by atoms with Crippen molar-refractivity contribution in [3.63, 3.8) is 0 Å². The van der Waals surface area contributed by atoms with E-state index >= 15 is 0 Å². The fraction of sp³-hybridized carbons (Fsp3) is 0.562. The quantitative estimate of drug-likeness (QED) is 0.908. The first-order chi connectivity index (χ1) is 8.75. The molecule has 2 aromatic rings. The summed E-state index contributed by atoms with van der Waals surface area (Å²) in [6.45, 7) is 12.2. The Morgan fingerprint density at radius 3 is 2.53 bits per heavy atom. The molecule has 0 radical (unpaired) electrons. The van der Waals surface area contributed by atoms with Crippen LogP contribution in [0.15, 0.2) is 30.6 Å². The van der Waals surface area contributed by atoms with Gasteiger partial charge in [0.05, 0.1) is 5.69 Å². The highest BCUT2D eigenvalue weighted by molar-refractivity contribution is 5.39. The molecule has 2 aromatic heterocycles. The van der Waals surface area contributed by atoms with Gasteiger partial charge in [-0.15, -0.1) is 0 Å². The molecular weight excluding hydrogens is 234 g/mol. The zero-order chi connectivity index (χ0) is 14.1. The normalized spacial score (nSPS) is 13.1. The average molecular weight is 259 g/mol. The molecule has 0 spiro atoms. The molecule has 0 aliphatic heterocycles. The minimum atomic E-state index is 0.119. The van der Waals surface area contributed by atoms with Crippen LogP contribution in [0.2, 0.25) is 0 Å². The van der Waals surface area contributed by atoms with Crippen LogP contribution in [0.5, 0.6) is 0 Å². The van der Waals surface area contributed by atoms with Crippen molar-refractivity contribution in [1.29, 1.82) is 0 Å². The van der Waals surface area contributed by atoms with E-state index in [2.05, 4.69) is 55.5 Å². The Balaban J connectivity index is 2.01. The van der Waals surface area contributed by atoms with E-state index in [1.54, 1.807) is 0 Å². The standard InChI is InChI=1S/C16H25N3/c1-15(2,3)12-16(4,5)17-10-13-11-19-9-7-6-8-14(19)18-13/h6-9,11,17H,10,12H2,1-5H3. The maximum absolute atomic E-state index is 4.61. The number of hydrogen-bond donors (Lipinski definition) is 1. The molecular formula is C16H25N3. The molecule has 0 atom stereocenters. The Morgan fingerprint density at radius 2 is 1.89 bits per heavy atom. The van der Waals surface area contributed by atoms with Crippen LogP contribution in [0.4, 0.5) is 0 Å². The van der Waals surface area contributed by atoms with Gasteiger partial charge in [-0.1, -0.05) is 26.8 Å². The lowest BCUT2D eigenvalue weighted by Crippen LogP contribution is -2.41. The predicted molar refractivity (Wildman–Crippen MR) is 80.2 cm³/mol. The first kappa shape index (κ1) is 14.1. The number of imidazole rings is 1. The molecule has 104 valence electrons. The molecule has 0 saturated heterocycles. The molecule has 3 heteroatoms. The SMILES string of the molecule is CC(C)(C)CC(C)(C)NCc1cn2ccccc2n1. The van der Waals surface area contributed by atoms with E-state index in [9.17, 15) is 0 Å². The van der Waals surface area contributed by atoms with Crippen LogP contribution in [-0.2, 0) is 6.54 Å². The zero-order valence-corrected chi connectivity index (χ0v) is 12.7. The van der Waals surface area contributed by atoms with Crippen molar-refractivity contribution in [2.75, 3.05) is 0 Å². The Morgan fingerprint density at radius 1 is 1.16 bits per heavy atom. The predicted octanol–water partition coefficient (Wildman–Crippen LogP) is 3.64. The van der Waals surface area contributed by atoms with Crippen LogP contribution in [0.3, 0.4) is 0 Å². The highest BCUT2D eigenvalue weighted by Gasteiger charge is 2.24. The van der Waals surface area contributed by atoms with Gasteiger partial charge in [-0.2, -0.15) is 0 Å². The van der Waals surface area contributed by atoms with E-state index in [0.717, 1.165) is 24.3 Å². The Labute approximate surface area is 116 Å². The fourth-order valence-corrected chi connectivity index (χ4v) is 2.79. The highest BCUT2D eigenvalue weighted by Crippen LogP contribution is 2.26. The molecule has 2 rings (SSSR count). The number of pyridine rings is 1. The minimum absolute atomic E-state index is 0.119. The van der Waals surface area contributed by atoms with Crippen LogP contribution < -0.4 is 5.32 Å². The van der Waals surface area contributed by atoms with Gasteiger partial charge >= 0.3 is 0 Å². The Hall–Kier alpha value is -1.35. The van der Waals surface area contributed by atoms with Gasteiger partial charge in [-0.05, 0) is 37.8 Å². The molecule has 0 fully saturated rings. The van der Waals surface area contributed by atoms with Gasteiger partial charge in [-0.25, -0.2) is 4.98 Å². The van der Waals surface area contributed by atoms with E-state index in [1.807, 2.05) is 24.4 Å². The van der Waals surface area contributed by atoms with Gasteiger partial charge in [0.2, 0.25) is 0 Å². The van der Waals surface area contributed by atoms with Crippen molar-refractivity contribution >= 4 is 5.65 Å². The van der Waals surface area contributed by atoms with E-state index in [-0.39, 0.29) is 5.54 Å². The monoisotopic (exact) mass is 259 g/mol. The van der Waals surface area contributed by atoms with Crippen molar-refractivity contribution in [3.8, 4) is 0 Å². The van der Waals surface area contributed by atoms with E-state index < -0.39 is 0 Å². The number of aromatic nitrogens is 2. The molecule has 0 aliphatic carbocycles. The fourth-order valence-electron chi connectivity index (χ4n) is 2.79. The van der Waals surface area contributed by atoms with Crippen molar-refractivity contribution in [3.05, 3.63) is 36.3 Å². The van der Waals surface area contributed by atoms with Crippen LogP contribution in [0, 0.1) is 5.41 Å². The lowest BCUT2D eigenvalue weighted by atomic mass is 9.82. The topological polar surface area (TPSA) is 29.3 Å². The Kier molecular flexibility index (Phi) is 3.68. The van der Waals surface area contributed by atoms with Gasteiger partial charge in [-0.3, -0.25) is 0 Å². The van der Waals surface area contributed by atoms with E-state index in [0.29, 0.717) is 5.41 Å². The molecule has 0 unspecified atom stereocenters. The largest absolute Gasteiger partial charge is 0.307 e. The van der Waals surface area contributed by atoms with Crippen molar-refractivity contribution in [1.82, 2.24) is 14.7 Å². The molecule has 0 aromatic carbocycles. The summed E-state index contributed by atoms with van der Waals surface area (Å²) in [5, 5.41) is 3.62. The van der Waals surface area contributed by atoms with Crippen LogP contribution >= 0.6 is 0 Å². The second kappa shape index (κ2) is 4.97. The van der Waals surface area contributed by atoms with Crippen LogP contribution in [-0.4, -0.2) is 14.9 Å². The van der Waals surface area contributed by atoms with Crippen molar-refractivity contribution < 1.29 is 0 Å². The molecule has 0 amide bonds. The van der Waals surface area contributed by atoms with Crippen molar-refractivity contribution in [2.24, 2.45) is 5.41 Å². The molecule has 2 heterocycles. The second-order valence-corrected chi connectivity index (χ2v) is 7.17. The molecule has 0 aliphatic rings. The first-order valence-electron chi connectivity index (χ1n) is 6.93. The van der Waals surface area contributed by atoms with Gasteiger partial charge in [0.25, 0.3) is 0 Å². The summed E-state index contributed by atoms with van der Waals surface area (Å²) >= 11 is 0. The minimum Gasteiger partial charge on any atom is -0.307 e. The maximum atomic E-state index is 4.61. The van der Waals surface area contributed by atoms with Crippen molar-refractivity contribution in [2.45, 2.75) is 53.1 Å². The maximum Gasteiger partial charge on any atom is 0.137 e. The molecule has 0 saturated carbocycles. The lowest BCUT2D eigenvalue weighted by Gasteiger charge is -2.33. The van der Waals surface area contributed by atoms with Crippen LogP contribution in [0.25, 0.3) is 5.65 Å². The third-order valence-corrected chi connectivity index (χ3v) is 3.13. The Bertz CT molecular complexity index is 513. The van der Waals surface area contributed by atoms with Gasteiger partial charge < -0.3 is 9.72 Å². The summed E-state index contributed by atoms with van der Waals surface area (Å²) < 4.78 is 2.06. The second-order valence-electron chi connectivity index (χ2n) is 7.17. The highest BCUT2D eigenvalue weighted by atomic mass is 15.0. The molecule has 3 nitrogen and oxygen atoms in total. The summed E-state index contributed by atoms with van der Waals surface area (Å²) in [5.74, 6) is 0. The van der Waals surface area contributed by atoms with E-state index in [1.165, 1.54) is 0 Å². The number of nitrogens with one attached hydrogen (secondary N) is 1. The first-order valence-corrected chi connectivity index (χ1v) is 6.93. The van der Waals surface area contributed by atoms with Crippen LogP contribution in [0.1, 0.15) is 46.7 Å². The number of hydrogen-bond acceptors (Lipinski definition) is 2. The summed E-state index contributed by atoms with van der Waals surface area (Å²) in [6, 6.07) is 6.07. The smallest absolute Gasteiger partial charge is 0.137 e. The summed E-state index contributed by atoms with van der Waals surface area (Å²) in [6.07, 6.45) is 5.26. The van der Waals surface area contributed by atoms with E-state index in [4.69, 9.17) is 0 Å². The van der Waals surface area contributed by atoms with Gasteiger partial charge in [0, 0.05) is 24.5 Å². The number of nitrogens with zero attached hydrogens (tertiary/aromatic N) is 2. The average Bonchev–Trinajstić information content (AvgIpc) is 2.66. The number of rotatable bonds is 4. The zero-order valence-electron chi connectivity index (χ0n) is 12.7. The van der Waals surface area contributed by atoms with Gasteiger partial charge in [0.1, 0.15) is 5.65 Å². The number of fused-ring (bicyclic) bond motifs is 1. The third-order valence-electron chi connectivity index (χ3n) is 3.13. The molecule has 0 bridgehead atoms. The summed E-state index contributed by atoms with van der Waals surface area (Å²) in [5.41, 5.74) is 2.55. The molecule has 19 heavy (non-hydrogen) atoms. The molecule has 1 N–H and O–H groups in total.